The lowest BCUT2D eigenvalue weighted by atomic mass is 10.0. The van der Waals surface area contributed by atoms with Crippen molar-refractivity contribution in [2.45, 2.75) is 53.4 Å². The number of aryl methyl sites for hydroxylation is 4. The summed E-state index contributed by atoms with van der Waals surface area (Å²) in [6.07, 6.45) is 15.4. The van der Waals surface area contributed by atoms with Crippen LogP contribution in [0.5, 0.6) is 0 Å². The zero-order valence-electron chi connectivity index (χ0n) is 33.2. The minimum atomic E-state index is -0.244. The summed E-state index contributed by atoms with van der Waals surface area (Å²) in [6.45, 7) is 12.1. The zero-order valence-corrected chi connectivity index (χ0v) is 33.2. The van der Waals surface area contributed by atoms with Crippen molar-refractivity contribution >= 4 is 24.3 Å². The van der Waals surface area contributed by atoms with Crippen LogP contribution < -0.4 is 0 Å². The summed E-state index contributed by atoms with van der Waals surface area (Å²) in [7, 11) is 0. The normalized spacial score (nSPS) is 12.6. The van der Waals surface area contributed by atoms with Crippen LogP contribution in [-0.2, 0) is 0 Å². The Labute approximate surface area is 336 Å². The lowest BCUT2D eigenvalue weighted by molar-refractivity contribution is 0.626. The molecule has 0 radical (unpaired) electrons. The molecule has 2 atom stereocenters. The molecule has 0 unspecified atom stereocenters. The van der Waals surface area contributed by atoms with Crippen molar-refractivity contribution in [1.82, 2.24) is 49.5 Å². The minimum Gasteiger partial charge on any atom is -0.306 e. The number of H-pyrrole nitrogens is 2. The number of hydrogen-bond acceptors (Lipinski definition) is 6. The Bertz CT molecular complexity index is 2490. The summed E-state index contributed by atoms with van der Waals surface area (Å²) in [5, 5.41) is 14.5. The summed E-state index contributed by atoms with van der Waals surface area (Å²) < 4.78 is 30.3. The maximum absolute atomic E-state index is 13.1. The Morgan fingerprint density at radius 2 is 0.931 bits per heavy atom. The van der Waals surface area contributed by atoms with Crippen molar-refractivity contribution in [3.63, 3.8) is 0 Å². The Hall–Kier alpha value is -7.08. The van der Waals surface area contributed by atoms with Gasteiger partial charge in [-0.05, 0) is 122 Å². The SMILES string of the molecule is Cc1cn(-c2ccc(/C=C/c3n[nH]c([C@@H](C)c4ccc(F)cc4)n3)cc2C)cn1.Cc1cn(-c2ccc(/C=C/c3n[nH]c([C@H](C)c4ccc(F)cc4)n3)cc2C)cn1. The number of benzene rings is 4. The van der Waals surface area contributed by atoms with Gasteiger partial charge in [0.1, 0.15) is 23.3 Å². The Kier molecular flexibility index (Phi) is 11.7. The first-order valence-corrected chi connectivity index (χ1v) is 18.9. The van der Waals surface area contributed by atoms with E-state index < -0.39 is 0 Å². The molecular weight excluding hydrogens is 731 g/mol. The number of nitrogens with zero attached hydrogens (tertiary/aromatic N) is 8. The smallest absolute Gasteiger partial charge is 0.173 e. The number of hydrogen-bond donors (Lipinski definition) is 2. The fourth-order valence-corrected chi connectivity index (χ4v) is 6.52. The molecule has 58 heavy (non-hydrogen) atoms. The number of aromatic amines is 2. The molecule has 0 aliphatic rings. The molecule has 0 aliphatic heterocycles. The molecule has 0 fully saturated rings. The number of imidazole rings is 2. The van der Waals surface area contributed by atoms with Crippen LogP contribution in [0.15, 0.2) is 110 Å². The molecule has 8 aromatic rings. The third kappa shape index (κ3) is 9.47. The molecule has 4 heterocycles. The van der Waals surface area contributed by atoms with Gasteiger partial charge in [-0.1, -0.05) is 62.4 Å². The van der Waals surface area contributed by atoms with E-state index in [2.05, 4.69) is 90.6 Å². The average Bonchev–Trinajstić information content (AvgIpc) is 4.06. The van der Waals surface area contributed by atoms with E-state index in [1.807, 2.05) is 86.2 Å². The van der Waals surface area contributed by atoms with Gasteiger partial charge in [-0.2, -0.15) is 10.2 Å². The third-order valence-corrected chi connectivity index (χ3v) is 9.87. The second kappa shape index (κ2) is 17.4. The molecule has 4 aromatic heterocycles. The van der Waals surface area contributed by atoms with Crippen LogP contribution in [-0.4, -0.2) is 49.5 Å². The molecule has 2 N–H and O–H groups in total. The number of aromatic nitrogens is 10. The zero-order chi connectivity index (χ0) is 40.8. The molecule has 292 valence electrons. The van der Waals surface area contributed by atoms with Crippen molar-refractivity contribution in [2.24, 2.45) is 0 Å². The van der Waals surface area contributed by atoms with Crippen molar-refractivity contribution in [3.8, 4) is 11.4 Å². The van der Waals surface area contributed by atoms with Gasteiger partial charge in [0, 0.05) is 35.6 Å². The second-order valence-electron chi connectivity index (χ2n) is 14.3. The number of nitrogens with one attached hydrogen (secondary N) is 2. The van der Waals surface area contributed by atoms with E-state index in [4.69, 9.17) is 0 Å². The molecule has 0 aliphatic carbocycles. The van der Waals surface area contributed by atoms with Gasteiger partial charge in [0.2, 0.25) is 0 Å². The molecule has 10 nitrogen and oxygen atoms in total. The highest BCUT2D eigenvalue weighted by atomic mass is 19.1. The summed E-state index contributed by atoms with van der Waals surface area (Å²) in [5.41, 5.74) is 10.6. The lowest BCUT2D eigenvalue weighted by Crippen LogP contribution is -1.98. The highest BCUT2D eigenvalue weighted by molar-refractivity contribution is 5.69. The van der Waals surface area contributed by atoms with Gasteiger partial charge < -0.3 is 9.13 Å². The van der Waals surface area contributed by atoms with Crippen LogP contribution in [0.1, 0.15) is 93.7 Å². The number of halogens is 2. The van der Waals surface area contributed by atoms with Crippen LogP contribution in [0.2, 0.25) is 0 Å². The van der Waals surface area contributed by atoms with Crippen LogP contribution in [0.25, 0.3) is 35.7 Å². The predicted molar refractivity (Wildman–Crippen MR) is 225 cm³/mol. The van der Waals surface area contributed by atoms with Gasteiger partial charge in [-0.25, -0.2) is 28.7 Å². The number of rotatable bonds is 10. The van der Waals surface area contributed by atoms with E-state index >= 15 is 0 Å². The quantitative estimate of drug-likeness (QED) is 0.143. The highest BCUT2D eigenvalue weighted by Crippen LogP contribution is 2.24. The molecule has 0 amide bonds. The molecule has 8 rings (SSSR count). The van der Waals surface area contributed by atoms with Gasteiger partial charge in [0.25, 0.3) is 0 Å². The largest absolute Gasteiger partial charge is 0.306 e. The second-order valence-corrected chi connectivity index (χ2v) is 14.3. The fraction of sp³-hybridized carbons (Fsp3) is 0.174. The molecule has 4 aromatic carbocycles. The maximum Gasteiger partial charge on any atom is 0.173 e. The average molecular weight is 775 g/mol. The van der Waals surface area contributed by atoms with Crippen LogP contribution in [0.3, 0.4) is 0 Å². The van der Waals surface area contributed by atoms with E-state index in [0.29, 0.717) is 11.6 Å². The standard InChI is InChI=1S/2C23H22FN5/c2*1-15-12-18(4-10-21(15)29-13-16(2)25-14-29)5-11-22-26-23(28-27-22)17(3)19-6-8-20(24)9-7-19/h2*4-14,17H,1-3H3,(H,26,27,28)/b2*11-5+/t2*17-/m10/s1. The van der Waals surface area contributed by atoms with E-state index in [1.54, 1.807) is 24.3 Å². The summed E-state index contributed by atoms with van der Waals surface area (Å²) in [4.78, 5) is 17.7. The molecule has 0 saturated heterocycles. The van der Waals surface area contributed by atoms with E-state index in [-0.39, 0.29) is 23.5 Å². The fourth-order valence-electron chi connectivity index (χ4n) is 6.52. The van der Waals surface area contributed by atoms with Gasteiger partial charge >= 0.3 is 0 Å². The maximum atomic E-state index is 13.1. The van der Waals surface area contributed by atoms with Crippen molar-refractivity contribution in [3.05, 3.63) is 190 Å². The van der Waals surface area contributed by atoms with Crippen molar-refractivity contribution < 1.29 is 8.78 Å². The summed E-state index contributed by atoms with van der Waals surface area (Å²) in [5.74, 6) is 2.24. The van der Waals surface area contributed by atoms with Crippen LogP contribution >= 0.6 is 0 Å². The minimum absolute atomic E-state index is 0.00501. The predicted octanol–water partition coefficient (Wildman–Crippen LogP) is 10.1. The Morgan fingerprint density at radius 3 is 1.28 bits per heavy atom. The molecule has 0 bridgehead atoms. The molecule has 12 heteroatoms. The first-order chi connectivity index (χ1) is 28.0. The van der Waals surface area contributed by atoms with Crippen LogP contribution in [0.4, 0.5) is 8.78 Å². The van der Waals surface area contributed by atoms with Crippen LogP contribution in [0, 0.1) is 39.3 Å². The van der Waals surface area contributed by atoms with E-state index in [1.165, 1.54) is 24.3 Å². The third-order valence-electron chi connectivity index (χ3n) is 9.87. The first-order valence-electron chi connectivity index (χ1n) is 18.9. The topological polar surface area (TPSA) is 119 Å². The Balaban J connectivity index is 0.000000177. The van der Waals surface area contributed by atoms with Gasteiger partial charge in [-0.15, -0.1) is 0 Å². The van der Waals surface area contributed by atoms with Crippen molar-refractivity contribution in [1.29, 1.82) is 0 Å². The Morgan fingerprint density at radius 1 is 0.534 bits per heavy atom. The van der Waals surface area contributed by atoms with Crippen molar-refractivity contribution in [2.75, 3.05) is 0 Å². The first kappa shape index (κ1) is 39.2. The van der Waals surface area contributed by atoms with Gasteiger partial charge in [0.05, 0.1) is 24.0 Å². The molecule has 0 saturated carbocycles. The van der Waals surface area contributed by atoms with Gasteiger partial charge in [-0.3, -0.25) is 10.2 Å². The van der Waals surface area contributed by atoms with E-state index in [0.717, 1.165) is 67.8 Å². The lowest BCUT2D eigenvalue weighted by Gasteiger charge is -2.07. The highest BCUT2D eigenvalue weighted by Gasteiger charge is 2.14. The summed E-state index contributed by atoms with van der Waals surface area (Å²) >= 11 is 0. The summed E-state index contributed by atoms with van der Waals surface area (Å²) in [6, 6.07) is 25.4. The van der Waals surface area contributed by atoms with Gasteiger partial charge in [0.15, 0.2) is 11.6 Å². The molecular formula is C46H44F2N10. The van der Waals surface area contributed by atoms with E-state index in [9.17, 15) is 8.78 Å². The monoisotopic (exact) mass is 774 g/mol. The molecule has 0 spiro atoms.